The topological polar surface area (TPSA) is 75.2 Å². The number of hydrogen-bond donors (Lipinski definition) is 1. The minimum absolute atomic E-state index is 0.141. The lowest BCUT2D eigenvalue weighted by molar-refractivity contribution is -0.174. The van der Waals surface area contributed by atoms with Crippen LogP contribution in [0.1, 0.15) is 28.3 Å². The van der Waals surface area contributed by atoms with E-state index in [2.05, 4.69) is 15.3 Å². The van der Waals surface area contributed by atoms with Crippen molar-refractivity contribution in [3.8, 4) is 0 Å². The summed E-state index contributed by atoms with van der Waals surface area (Å²) in [4.78, 5) is 34.7. The number of carbonyl (C=O) groups is 2. The number of aromatic nitrogens is 2. The van der Waals surface area contributed by atoms with Crippen molar-refractivity contribution in [2.75, 3.05) is 13.1 Å². The normalized spacial score (nSPS) is 19.1. The van der Waals surface area contributed by atoms with Crippen molar-refractivity contribution >= 4 is 34.4 Å². The largest absolute Gasteiger partial charge is 0.471 e. The van der Waals surface area contributed by atoms with Gasteiger partial charge in [-0.3, -0.25) is 19.6 Å². The number of halogens is 4. The predicted molar refractivity (Wildman–Crippen MR) is 112 cm³/mol. The van der Waals surface area contributed by atoms with Crippen molar-refractivity contribution in [1.82, 2.24) is 20.2 Å². The van der Waals surface area contributed by atoms with Gasteiger partial charge in [0.1, 0.15) is 5.52 Å². The number of rotatable bonds is 3. The first kappa shape index (κ1) is 22.0. The van der Waals surface area contributed by atoms with Gasteiger partial charge in [0.15, 0.2) is 0 Å². The zero-order valence-corrected chi connectivity index (χ0v) is 17.4. The molecule has 1 fully saturated rings. The Hall–Kier alpha value is -3.20. The van der Waals surface area contributed by atoms with E-state index >= 15 is 0 Å². The van der Waals surface area contributed by atoms with Gasteiger partial charge in [0.2, 0.25) is 0 Å². The molecule has 3 aromatic rings. The maximum Gasteiger partial charge on any atom is 0.471 e. The van der Waals surface area contributed by atoms with Crippen LogP contribution in [-0.2, 0) is 4.79 Å². The minimum Gasteiger partial charge on any atom is -0.345 e. The molecule has 2 amide bonds. The van der Waals surface area contributed by atoms with Gasteiger partial charge >= 0.3 is 12.1 Å². The number of carbonyl (C=O) groups excluding carboxylic acids is 2. The molecule has 0 radical (unpaired) electrons. The highest BCUT2D eigenvalue weighted by Gasteiger charge is 2.42. The molecule has 0 bridgehead atoms. The van der Waals surface area contributed by atoms with Gasteiger partial charge in [0, 0.05) is 43.0 Å². The quantitative estimate of drug-likeness (QED) is 0.639. The van der Waals surface area contributed by atoms with Crippen LogP contribution in [0.3, 0.4) is 0 Å². The Kier molecular flexibility index (Phi) is 6.01. The summed E-state index contributed by atoms with van der Waals surface area (Å²) in [6.07, 6.45) is -1.81. The first-order chi connectivity index (χ1) is 15.2. The molecule has 1 aliphatic rings. The smallest absolute Gasteiger partial charge is 0.345 e. The molecule has 4 rings (SSSR count). The molecule has 0 unspecified atom stereocenters. The van der Waals surface area contributed by atoms with Gasteiger partial charge in [0.25, 0.3) is 5.91 Å². The Labute approximate surface area is 186 Å². The molecule has 0 saturated carbocycles. The van der Waals surface area contributed by atoms with Crippen LogP contribution in [0.15, 0.2) is 54.9 Å². The number of benzene rings is 2. The molecule has 166 valence electrons. The van der Waals surface area contributed by atoms with Crippen LogP contribution >= 0.6 is 11.6 Å². The Morgan fingerprint density at radius 1 is 1.09 bits per heavy atom. The molecular weight excluding hydrogens is 445 g/mol. The number of fused-ring (bicyclic) bond motifs is 1. The predicted octanol–water partition coefficient (Wildman–Crippen LogP) is 3.96. The summed E-state index contributed by atoms with van der Waals surface area (Å²) in [6.45, 7) is 0.322. The highest BCUT2D eigenvalue weighted by molar-refractivity contribution is 6.35. The number of hydrogen-bond acceptors (Lipinski definition) is 4. The van der Waals surface area contributed by atoms with Gasteiger partial charge in [-0.1, -0.05) is 41.9 Å². The van der Waals surface area contributed by atoms with E-state index < -0.39 is 24.0 Å². The van der Waals surface area contributed by atoms with Gasteiger partial charge in [-0.15, -0.1) is 0 Å². The van der Waals surface area contributed by atoms with E-state index in [1.165, 1.54) is 18.5 Å². The second kappa shape index (κ2) is 8.74. The van der Waals surface area contributed by atoms with Crippen molar-refractivity contribution < 1.29 is 22.8 Å². The molecule has 6 nitrogen and oxygen atoms in total. The molecular formula is C22H18ClF3N4O2. The Morgan fingerprint density at radius 3 is 2.53 bits per heavy atom. The van der Waals surface area contributed by atoms with Crippen molar-refractivity contribution in [1.29, 1.82) is 0 Å². The molecule has 10 heteroatoms. The lowest BCUT2D eigenvalue weighted by Crippen LogP contribution is -2.53. The fourth-order valence-electron chi connectivity index (χ4n) is 3.94. The lowest BCUT2D eigenvalue weighted by Gasteiger charge is -2.39. The van der Waals surface area contributed by atoms with Crippen LogP contribution in [0.25, 0.3) is 11.0 Å². The average molecular weight is 463 g/mol. The standard InChI is InChI=1S/C22H18ClF3N4O2/c23-16-10-14(11-18-19(16)28-8-7-27-18)20(31)30-9-6-17(29-21(32)22(24,25)26)15(12-30)13-4-2-1-3-5-13/h1-5,7-8,10-11,15,17H,6,9,12H2,(H,29,32)/t15-,17-/m1/s1. The summed E-state index contributed by atoms with van der Waals surface area (Å²) < 4.78 is 38.5. The Balaban J connectivity index is 1.60. The number of alkyl halides is 3. The molecule has 2 heterocycles. The zero-order chi connectivity index (χ0) is 22.9. The van der Waals surface area contributed by atoms with Crippen molar-refractivity contribution in [2.24, 2.45) is 0 Å². The summed E-state index contributed by atoms with van der Waals surface area (Å²) in [5, 5.41) is 2.38. The molecule has 1 aromatic heterocycles. The van der Waals surface area contributed by atoms with Crippen molar-refractivity contribution in [2.45, 2.75) is 24.6 Å². The number of amides is 2. The van der Waals surface area contributed by atoms with Gasteiger partial charge in [-0.25, -0.2) is 0 Å². The second-order valence-electron chi connectivity index (χ2n) is 7.52. The molecule has 32 heavy (non-hydrogen) atoms. The van der Waals surface area contributed by atoms with Crippen LogP contribution in [0.5, 0.6) is 0 Å². The molecule has 2 atom stereocenters. The lowest BCUT2D eigenvalue weighted by atomic mass is 9.85. The van der Waals surface area contributed by atoms with E-state index in [0.29, 0.717) is 16.6 Å². The Morgan fingerprint density at radius 2 is 1.81 bits per heavy atom. The van der Waals surface area contributed by atoms with Crippen LogP contribution in [0.2, 0.25) is 5.02 Å². The number of likely N-dealkylation sites (tertiary alicyclic amines) is 1. The van der Waals surface area contributed by atoms with Gasteiger partial charge in [-0.2, -0.15) is 13.2 Å². The fourth-order valence-corrected chi connectivity index (χ4v) is 4.20. The molecule has 0 aliphatic carbocycles. The maximum atomic E-state index is 13.2. The summed E-state index contributed by atoms with van der Waals surface area (Å²) in [6, 6.07) is 11.2. The monoisotopic (exact) mass is 462 g/mol. The van der Waals surface area contributed by atoms with Crippen LogP contribution in [0, 0.1) is 0 Å². The van der Waals surface area contributed by atoms with Crippen molar-refractivity contribution in [3.63, 3.8) is 0 Å². The number of nitrogens with one attached hydrogen (secondary N) is 1. The van der Waals surface area contributed by atoms with E-state index in [1.54, 1.807) is 41.3 Å². The van der Waals surface area contributed by atoms with Crippen LogP contribution in [-0.4, -0.2) is 52.0 Å². The number of nitrogens with zero attached hydrogens (tertiary/aromatic N) is 3. The third-order valence-corrected chi connectivity index (χ3v) is 5.76. The second-order valence-corrected chi connectivity index (χ2v) is 7.92. The van der Waals surface area contributed by atoms with E-state index in [1.807, 2.05) is 0 Å². The number of piperidine rings is 1. The SMILES string of the molecule is O=C(c1cc(Cl)c2nccnc2c1)N1CC[C@@H](NC(=O)C(F)(F)F)[C@@H](c2ccccc2)C1. The fraction of sp³-hybridized carbons (Fsp3) is 0.273. The van der Waals surface area contributed by atoms with Gasteiger partial charge in [0.05, 0.1) is 10.5 Å². The highest BCUT2D eigenvalue weighted by Crippen LogP contribution is 2.30. The van der Waals surface area contributed by atoms with Gasteiger partial charge < -0.3 is 10.2 Å². The average Bonchev–Trinajstić information content (AvgIpc) is 2.78. The van der Waals surface area contributed by atoms with E-state index in [4.69, 9.17) is 11.6 Å². The van der Waals surface area contributed by atoms with E-state index in [-0.39, 0.29) is 30.4 Å². The van der Waals surface area contributed by atoms with Gasteiger partial charge in [-0.05, 0) is 24.1 Å². The van der Waals surface area contributed by atoms with E-state index in [0.717, 1.165) is 5.56 Å². The van der Waals surface area contributed by atoms with E-state index in [9.17, 15) is 22.8 Å². The Bertz CT molecular complexity index is 1160. The summed E-state index contributed by atoms with van der Waals surface area (Å²) in [5.74, 6) is -2.81. The molecule has 0 spiro atoms. The summed E-state index contributed by atoms with van der Waals surface area (Å²) >= 11 is 6.27. The first-order valence-corrected chi connectivity index (χ1v) is 10.2. The molecule has 1 saturated heterocycles. The minimum atomic E-state index is -4.98. The van der Waals surface area contributed by atoms with Crippen molar-refractivity contribution in [3.05, 3.63) is 71.0 Å². The van der Waals surface area contributed by atoms with Crippen LogP contribution < -0.4 is 5.32 Å². The third kappa shape index (κ3) is 4.52. The molecule has 1 aliphatic heterocycles. The first-order valence-electron chi connectivity index (χ1n) is 9.86. The molecule has 2 aromatic carbocycles. The van der Waals surface area contributed by atoms with Crippen LogP contribution in [0.4, 0.5) is 13.2 Å². The molecule has 1 N–H and O–H groups in total. The summed E-state index contributed by atoms with van der Waals surface area (Å²) in [5.41, 5.74) is 1.99. The highest BCUT2D eigenvalue weighted by atomic mass is 35.5. The zero-order valence-electron chi connectivity index (χ0n) is 16.6. The summed E-state index contributed by atoms with van der Waals surface area (Å²) in [7, 11) is 0. The third-order valence-electron chi connectivity index (χ3n) is 5.48. The maximum absolute atomic E-state index is 13.2.